The maximum atomic E-state index is 11.2. The molecule has 2 unspecified atom stereocenters. The summed E-state index contributed by atoms with van der Waals surface area (Å²) in [4.78, 5) is 15.8. The molecular formula is C23H45N2O3+. The Kier molecular flexibility index (Phi) is 13.4. The lowest BCUT2D eigenvalue weighted by Crippen LogP contribution is -2.59. The van der Waals surface area contributed by atoms with Crippen LogP contribution in [-0.2, 0) is 4.79 Å². The molecule has 0 spiro atoms. The third-order valence-electron chi connectivity index (χ3n) is 6.19. The van der Waals surface area contributed by atoms with Gasteiger partial charge in [0.1, 0.15) is 6.54 Å². The number of aliphatic hydroxyl groups is 1. The predicted octanol–water partition coefficient (Wildman–Crippen LogP) is 5.51. The standard InChI is InChI=1S/C23H44N2O3/c1-3-4-5-6-7-8-9-10-11-12-13-14-15-16-17-22-24-18-19-25(22,21(2)26)20-23(27)28/h21,26H,3-20H2,1-2H3/p+1. The lowest BCUT2D eigenvalue weighted by atomic mass is 10.0. The quantitative estimate of drug-likeness (QED) is 0.237. The summed E-state index contributed by atoms with van der Waals surface area (Å²) < 4.78 is 0.133. The second-order valence-corrected chi connectivity index (χ2v) is 8.59. The molecule has 0 aromatic heterocycles. The number of aliphatic hydroxyl groups excluding tert-OH is 1. The fraction of sp³-hybridized carbons (Fsp3) is 0.913. The SMILES string of the molecule is CCCCCCCCCCCCCCCCC1=NCC[N+]1(CC(=O)O)C(C)O. The molecule has 2 atom stereocenters. The number of aliphatic imine (C=N–C) groups is 1. The molecule has 1 aliphatic rings. The Hall–Kier alpha value is -0.940. The van der Waals surface area contributed by atoms with Crippen molar-refractivity contribution >= 4 is 11.8 Å². The number of carbonyl (C=O) groups is 1. The van der Waals surface area contributed by atoms with E-state index in [0.717, 1.165) is 18.7 Å². The van der Waals surface area contributed by atoms with Gasteiger partial charge in [-0.25, -0.2) is 14.3 Å². The number of amidine groups is 1. The molecule has 0 saturated heterocycles. The minimum atomic E-state index is -0.864. The van der Waals surface area contributed by atoms with Crippen LogP contribution in [0, 0.1) is 0 Å². The highest BCUT2D eigenvalue weighted by Crippen LogP contribution is 2.23. The van der Waals surface area contributed by atoms with Gasteiger partial charge in [0.15, 0.2) is 12.8 Å². The van der Waals surface area contributed by atoms with Crippen molar-refractivity contribution in [3.8, 4) is 0 Å². The van der Waals surface area contributed by atoms with Crippen molar-refractivity contribution in [2.45, 2.75) is 116 Å². The number of quaternary nitrogens is 1. The Morgan fingerprint density at radius 2 is 1.39 bits per heavy atom. The number of carboxylic acid groups (broad SMARTS) is 1. The Balaban J connectivity index is 2.03. The van der Waals surface area contributed by atoms with E-state index < -0.39 is 12.2 Å². The number of carboxylic acids is 1. The van der Waals surface area contributed by atoms with Crippen molar-refractivity contribution in [1.29, 1.82) is 0 Å². The van der Waals surface area contributed by atoms with Crippen molar-refractivity contribution in [1.82, 2.24) is 0 Å². The van der Waals surface area contributed by atoms with Gasteiger partial charge in [0.05, 0.1) is 6.54 Å². The Bertz CT molecular complexity index is 451. The Morgan fingerprint density at radius 3 is 1.82 bits per heavy atom. The van der Waals surface area contributed by atoms with Crippen molar-refractivity contribution < 1.29 is 19.5 Å². The van der Waals surface area contributed by atoms with Crippen LogP contribution in [0.4, 0.5) is 0 Å². The van der Waals surface area contributed by atoms with E-state index in [1.165, 1.54) is 83.5 Å². The number of rotatable bonds is 18. The van der Waals surface area contributed by atoms with E-state index in [-0.39, 0.29) is 11.0 Å². The van der Waals surface area contributed by atoms with Gasteiger partial charge in [-0.15, -0.1) is 0 Å². The lowest BCUT2D eigenvalue weighted by molar-refractivity contribution is -0.877. The summed E-state index contributed by atoms with van der Waals surface area (Å²) >= 11 is 0. The van der Waals surface area contributed by atoms with Gasteiger partial charge in [0, 0.05) is 13.3 Å². The van der Waals surface area contributed by atoms with Crippen LogP contribution in [0.3, 0.4) is 0 Å². The van der Waals surface area contributed by atoms with Gasteiger partial charge in [-0.3, -0.25) is 0 Å². The second-order valence-electron chi connectivity index (χ2n) is 8.59. The second kappa shape index (κ2) is 15.0. The number of unbranched alkanes of at least 4 members (excludes halogenated alkanes) is 13. The molecule has 1 rings (SSSR count). The van der Waals surface area contributed by atoms with Crippen LogP contribution in [0.5, 0.6) is 0 Å². The van der Waals surface area contributed by atoms with Crippen molar-refractivity contribution in [2.24, 2.45) is 4.99 Å². The fourth-order valence-corrected chi connectivity index (χ4v) is 4.35. The summed E-state index contributed by atoms with van der Waals surface area (Å²) in [6.45, 7) is 5.14. The zero-order valence-corrected chi connectivity index (χ0v) is 18.5. The topological polar surface area (TPSA) is 69.9 Å². The zero-order valence-electron chi connectivity index (χ0n) is 18.5. The first kappa shape index (κ1) is 25.1. The van der Waals surface area contributed by atoms with Crippen LogP contribution >= 0.6 is 0 Å². The van der Waals surface area contributed by atoms with Gasteiger partial charge in [0.25, 0.3) is 0 Å². The van der Waals surface area contributed by atoms with E-state index in [4.69, 9.17) is 0 Å². The third-order valence-corrected chi connectivity index (χ3v) is 6.19. The van der Waals surface area contributed by atoms with Gasteiger partial charge in [-0.05, 0) is 6.42 Å². The molecule has 0 aliphatic carbocycles. The molecular weight excluding hydrogens is 352 g/mol. The molecule has 164 valence electrons. The van der Waals surface area contributed by atoms with Crippen molar-refractivity contribution in [3.05, 3.63) is 0 Å². The van der Waals surface area contributed by atoms with E-state index >= 15 is 0 Å². The monoisotopic (exact) mass is 397 g/mol. The molecule has 0 saturated carbocycles. The van der Waals surface area contributed by atoms with Gasteiger partial charge in [0.2, 0.25) is 5.84 Å². The maximum absolute atomic E-state index is 11.2. The van der Waals surface area contributed by atoms with E-state index in [9.17, 15) is 15.0 Å². The summed E-state index contributed by atoms with van der Waals surface area (Å²) in [5, 5.41) is 19.4. The van der Waals surface area contributed by atoms with E-state index in [2.05, 4.69) is 11.9 Å². The molecule has 0 radical (unpaired) electrons. The summed E-state index contributed by atoms with van der Waals surface area (Å²) in [6, 6.07) is 0. The Morgan fingerprint density at radius 1 is 0.929 bits per heavy atom. The smallest absolute Gasteiger partial charge is 0.359 e. The first-order valence-electron chi connectivity index (χ1n) is 11.8. The molecule has 2 N–H and O–H groups in total. The summed E-state index contributed by atoms with van der Waals surface area (Å²) in [6.07, 6.45) is 18.7. The molecule has 28 heavy (non-hydrogen) atoms. The fourth-order valence-electron chi connectivity index (χ4n) is 4.35. The van der Waals surface area contributed by atoms with E-state index in [0.29, 0.717) is 13.1 Å². The summed E-state index contributed by atoms with van der Waals surface area (Å²) in [7, 11) is 0. The molecule has 5 heteroatoms. The normalized spacial score (nSPS) is 20.3. The van der Waals surface area contributed by atoms with Crippen LogP contribution in [0.2, 0.25) is 0 Å². The highest BCUT2D eigenvalue weighted by Gasteiger charge is 2.43. The van der Waals surface area contributed by atoms with Crippen LogP contribution in [0.25, 0.3) is 0 Å². The number of hydrogen-bond acceptors (Lipinski definition) is 3. The molecule has 0 fully saturated rings. The molecule has 0 bridgehead atoms. The maximum Gasteiger partial charge on any atom is 0.359 e. The Labute approximate surface area is 172 Å². The van der Waals surface area contributed by atoms with Gasteiger partial charge in [-0.1, -0.05) is 90.4 Å². The van der Waals surface area contributed by atoms with Crippen molar-refractivity contribution in [2.75, 3.05) is 19.6 Å². The predicted molar refractivity (Wildman–Crippen MR) is 117 cm³/mol. The van der Waals surface area contributed by atoms with E-state index in [1.54, 1.807) is 6.92 Å². The average Bonchev–Trinajstić information content (AvgIpc) is 3.05. The van der Waals surface area contributed by atoms with E-state index in [1.807, 2.05) is 0 Å². The van der Waals surface area contributed by atoms with Crippen LogP contribution in [0.1, 0.15) is 110 Å². The molecule has 0 aromatic rings. The largest absolute Gasteiger partial charge is 0.477 e. The van der Waals surface area contributed by atoms with Crippen LogP contribution in [0.15, 0.2) is 4.99 Å². The summed E-state index contributed by atoms with van der Waals surface area (Å²) in [5.74, 6) is 0.0211. The zero-order chi connectivity index (χ0) is 20.7. The minimum Gasteiger partial charge on any atom is -0.477 e. The number of hydrogen-bond donors (Lipinski definition) is 2. The van der Waals surface area contributed by atoms with Gasteiger partial charge < -0.3 is 10.2 Å². The van der Waals surface area contributed by atoms with Crippen molar-refractivity contribution in [3.63, 3.8) is 0 Å². The number of nitrogens with zero attached hydrogens (tertiary/aromatic N) is 2. The molecule has 1 aliphatic heterocycles. The minimum absolute atomic E-state index is 0.0604. The van der Waals surface area contributed by atoms with Crippen LogP contribution in [-0.4, -0.2) is 52.4 Å². The summed E-state index contributed by atoms with van der Waals surface area (Å²) in [5.41, 5.74) is 0. The first-order chi connectivity index (χ1) is 13.5. The lowest BCUT2D eigenvalue weighted by Gasteiger charge is -2.35. The molecule has 1 heterocycles. The highest BCUT2D eigenvalue weighted by atomic mass is 16.4. The number of aliphatic carboxylic acids is 1. The molecule has 5 nitrogen and oxygen atoms in total. The highest BCUT2D eigenvalue weighted by molar-refractivity contribution is 5.80. The average molecular weight is 398 g/mol. The van der Waals surface area contributed by atoms with Gasteiger partial charge >= 0.3 is 5.97 Å². The molecule has 0 amide bonds. The molecule has 0 aromatic carbocycles. The third kappa shape index (κ3) is 9.51. The first-order valence-corrected chi connectivity index (χ1v) is 11.8. The van der Waals surface area contributed by atoms with Crippen LogP contribution < -0.4 is 0 Å². The van der Waals surface area contributed by atoms with Gasteiger partial charge in [-0.2, -0.15) is 0 Å².